The van der Waals surface area contributed by atoms with Crippen LogP contribution in [0.5, 0.6) is 0 Å². The molecule has 3 aromatic rings. The van der Waals surface area contributed by atoms with Gasteiger partial charge in [0.05, 0.1) is 0 Å². The first-order valence-corrected chi connectivity index (χ1v) is 10.4. The number of benzene rings is 1. The number of aryl methyl sites for hydroxylation is 2. The van der Waals surface area contributed by atoms with Crippen LogP contribution >= 0.6 is 11.3 Å². The number of aromatic amines is 1. The van der Waals surface area contributed by atoms with Gasteiger partial charge in [-0.1, -0.05) is 0 Å². The Bertz CT molecular complexity index is 936. The Balaban J connectivity index is 1.35. The minimum atomic E-state index is 0.169. The summed E-state index contributed by atoms with van der Waals surface area (Å²) in [6.07, 6.45) is 4.78. The van der Waals surface area contributed by atoms with Crippen molar-refractivity contribution < 1.29 is 4.79 Å². The van der Waals surface area contributed by atoms with E-state index < -0.39 is 0 Å². The van der Waals surface area contributed by atoms with Crippen LogP contribution in [0.3, 0.4) is 0 Å². The highest BCUT2D eigenvalue weighted by Gasteiger charge is 2.23. The Kier molecular flexibility index (Phi) is 3.97. The highest BCUT2D eigenvalue weighted by molar-refractivity contribution is 7.08. The second kappa shape index (κ2) is 6.47. The molecule has 1 amide bonds. The van der Waals surface area contributed by atoms with Crippen LogP contribution in [-0.4, -0.2) is 42.0 Å². The second-order valence-electron chi connectivity index (χ2n) is 7.31. The summed E-state index contributed by atoms with van der Waals surface area (Å²) in [5, 5.41) is 5.54. The van der Waals surface area contributed by atoms with Crippen LogP contribution in [0, 0.1) is 0 Å². The summed E-state index contributed by atoms with van der Waals surface area (Å²) < 4.78 is 0. The second-order valence-corrected chi connectivity index (χ2v) is 8.09. The molecule has 134 valence electrons. The summed E-state index contributed by atoms with van der Waals surface area (Å²) in [6.45, 7) is 3.39. The van der Waals surface area contributed by atoms with Gasteiger partial charge in [0.2, 0.25) is 0 Å². The van der Waals surface area contributed by atoms with Crippen LogP contribution in [0.2, 0.25) is 0 Å². The summed E-state index contributed by atoms with van der Waals surface area (Å²) in [7, 11) is 0. The first-order valence-electron chi connectivity index (χ1n) is 9.49. The van der Waals surface area contributed by atoms with E-state index in [0.717, 1.165) is 44.6 Å². The zero-order valence-corrected chi connectivity index (χ0v) is 15.6. The minimum Gasteiger partial charge on any atom is -0.367 e. The van der Waals surface area contributed by atoms with E-state index >= 15 is 0 Å². The molecule has 5 heteroatoms. The number of hydrogen-bond acceptors (Lipinski definition) is 3. The van der Waals surface area contributed by atoms with Gasteiger partial charge in [0.25, 0.3) is 5.91 Å². The number of thiophene rings is 1. The van der Waals surface area contributed by atoms with E-state index in [1.54, 1.807) is 11.3 Å². The van der Waals surface area contributed by atoms with Gasteiger partial charge in [0.1, 0.15) is 0 Å². The number of fused-ring (bicyclic) bond motifs is 3. The van der Waals surface area contributed by atoms with Gasteiger partial charge in [0, 0.05) is 59.4 Å². The van der Waals surface area contributed by atoms with Crippen molar-refractivity contribution in [3.63, 3.8) is 0 Å². The molecule has 0 saturated carbocycles. The normalized spacial score (nSPS) is 17.5. The average Bonchev–Trinajstić information content (AvgIpc) is 3.35. The third-order valence-corrected chi connectivity index (χ3v) is 6.45. The van der Waals surface area contributed by atoms with Crippen LogP contribution in [0.15, 0.2) is 35.0 Å². The highest BCUT2D eigenvalue weighted by atomic mass is 32.1. The molecule has 2 aliphatic rings. The number of carbonyl (C=O) groups is 1. The van der Waals surface area contributed by atoms with Crippen molar-refractivity contribution in [1.29, 1.82) is 0 Å². The summed E-state index contributed by atoms with van der Waals surface area (Å²) in [4.78, 5) is 20.9. The molecular formula is C21H23N3OS. The van der Waals surface area contributed by atoms with Gasteiger partial charge in [0.15, 0.2) is 0 Å². The van der Waals surface area contributed by atoms with E-state index in [2.05, 4.69) is 38.8 Å². The van der Waals surface area contributed by atoms with Crippen molar-refractivity contribution in [3.05, 3.63) is 51.8 Å². The molecule has 1 fully saturated rings. The van der Waals surface area contributed by atoms with E-state index in [9.17, 15) is 4.79 Å². The molecule has 2 aromatic heterocycles. The topological polar surface area (TPSA) is 39.3 Å². The van der Waals surface area contributed by atoms with Crippen LogP contribution in [-0.2, 0) is 12.8 Å². The number of piperazine rings is 1. The molecule has 1 N–H and O–H groups in total. The molecule has 3 heterocycles. The molecule has 0 bridgehead atoms. The summed E-state index contributed by atoms with van der Waals surface area (Å²) in [5.74, 6) is 0.169. The lowest BCUT2D eigenvalue weighted by Gasteiger charge is -2.35. The van der Waals surface area contributed by atoms with Crippen molar-refractivity contribution in [1.82, 2.24) is 9.88 Å². The maximum Gasteiger partial charge on any atom is 0.253 e. The first-order chi connectivity index (χ1) is 12.8. The molecule has 26 heavy (non-hydrogen) atoms. The zero-order chi connectivity index (χ0) is 17.5. The van der Waals surface area contributed by atoms with Crippen molar-refractivity contribution in [2.45, 2.75) is 25.7 Å². The Hall–Kier alpha value is -2.27. The lowest BCUT2D eigenvalue weighted by atomic mass is 9.95. The Labute approximate surface area is 157 Å². The van der Waals surface area contributed by atoms with Crippen LogP contribution < -0.4 is 4.90 Å². The average molecular weight is 366 g/mol. The predicted molar refractivity (Wildman–Crippen MR) is 107 cm³/mol. The fourth-order valence-corrected chi connectivity index (χ4v) is 4.99. The SMILES string of the molecule is O=C(c1ccc2[nH]c3c(c2c1)CCCC3)N1CCN(c2ccsc2)CC1. The largest absolute Gasteiger partial charge is 0.367 e. The number of carbonyl (C=O) groups excluding carboxylic acids is 1. The van der Waals surface area contributed by atoms with Crippen molar-refractivity contribution in [2.75, 3.05) is 31.1 Å². The minimum absolute atomic E-state index is 0.169. The molecule has 0 atom stereocenters. The van der Waals surface area contributed by atoms with Gasteiger partial charge in [-0.25, -0.2) is 0 Å². The smallest absolute Gasteiger partial charge is 0.253 e. The molecule has 5 rings (SSSR count). The van der Waals surface area contributed by atoms with Crippen LogP contribution in [0.1, 0.15) is 34.5 Å². The molecule has 1 aromatic carbocycles. The molecule has 0 radical (unpaired) electrons. The molecular weight excluding hydrogens is 342 g/mol. The number of rotatable bonds is 2. The number of aromatic nitrogens is 1. The van der Waals surface area contributed by atoms with E-state index in [1.165, 1.54) is 40.7 Å². The number of H-pyrrole nitrogens is 1. The molecule has 0 spiro atoms. The van der Waals surface area contributed by atoms with Gasteiger partial charge in [-0.05, 0) is 60.9 Å². The Morgan fingerprint density at radius 3 is 2.69 bits per heavy atom. The van der Waals surface area contributed by atoms with Gasteiger partial charge < -0.3 is 14.8 Å². The number of amides is 1. The Morgan fingerprint density at radius 1 is 1.04 bits per heavy atom. The van der Waals surface area contributed by atoms with E-state index in [4.69, 9.17) is 0 Å². The summed E-state index contributed by atoms with van der Waals surface area (Å²) in [6, 6.07) is 8.34. The summed E-state index contributed by atoms with van der Waals surface area (Å²) >= 11 is 1.73. The monoisotopic (exact) mass is 365 g/mol. The molecule has 1 aliphatic heterocycles. The van der Waals surface area contributed by atoms with Crippen LogP contribution in [0.4, 0.5) is 5.69 Å². The maximum absolute atomic E-state index is 13.0. The standard InChI is InChI=1S/C21H23N3OS/c25-21(24-10-8-23(9-11-24)16-7-12-26-14-16)15-5-6-20-18(13-15)17-3-1-2-4-19(17)22-20/h5-7,12-14,22H,1-4,8-11H2. The van der Waals surface area contributed by atoms with Crippen molar-refractivity contribution in [3.8, 4) is 0 Å². The number of nitrogens with zero attached hydrogens (tertiary/aromatic N) is 2. The van der Waals surface area contributed by atoms with Gasteiger partial charge in [-0.2, -0.15) is 11.3 Å². The maximum atomic E-state index is 13.0. The lowest BCUT2D eigenvalue weighted by Crippen LogP contribution is -2.48. The van der Waals surface area contributed by atoms with Crippen molar-refractivity contribution >= 4 is 33.8 Å². The van der Waals surface area contributed by atoms with Gasteiger partial charge in [-0.15, -0.1) is 0 Å². The number of anilines is 1. The van der Waals surface area contributed by atoms with E-state index in [0.29, 0.717) is 0 Å². The molecule has 0 unspecified atom stereocenters. The molecule has 1 aliphatic carbocycles. The fourth-order valence-electron chi connectivity index (χ4n) is 4.33. The third kappa shape index (κ3) is 2.71. The van der Waals surface area contributed by atoms with Gasteiger partial charge in [-0.3, -0.25) is 4.79 Å². The third-order valence-electron chi connectivity index (χ3n) is 5.78. The van der Waals surface area contributed by atoms with E-state index in [1.807, 2.05) is 11.0 Å². The summed E-state index contributed by atoms with van der Waals surface area (Å²) in [5.41, 5.74) is 6.09. The lowest BCUT2D eigenvalue weighted by molar-refractivity contribution is 0.0747. The zero-order valence-electron chi connectivity index (χ0n) is 14.8. The number of nitrogens with one attached hydrogen (secondary N) is 1. The predicted octanol–water partition coefficient (Wildman–Crippen LogP) is 4.07. The highest BCUT2D eigenvalue weighted by Crippen LogP contribution is 2.30. The quantitative estimate of drug-likeness (QED) is 0.743. The first kappa shape index (κ1) is 15.9. The van der Waals surface area contributed by atoms with Crippen LogP contribution in [0.25, 0.3) is 10.9 Å². The van der Waals surface area contributed by atoms with Crippen molar-refractivity contribution in [2.24, 2.45) is 0 Å². The molecule has 4 nitrogen and oxygen atoms in total. The number of hydrogen-bond donors (Lipinski definition) is 1. The Morgan fingerprint density at radius 2 is 1.88 bits per heavy atom. The molecule has 1 saturated heterocycles. The fraction of sp³-hybridized carbons (Fsp3) is 0.381. The van der Waals surface area contributed by atoms with E-state index in [-0.39, 0.29) is 5.91 Å². The van der Waals surface area contributed by atoms with Gasteiger partial charge >= 0.3 is 0 Å².